The second kappa shape index (κ2) is 3.56. The van der Waals surface area contributed by atoms with Gasteiger partial charge in [0.1, 0.15) is 0 Å². The molecule has 2 unspecified atom stereocenters. The maximum atomic E-state index is 12.1. The molecule has 0 spiro atoms. The summed E-state index contributed by atoms with van der Waals surface area (Å²) in [6, 6.07) is 2.18. The van der Waals surface area contributed by atoms with Crippen LogP contribution < -0.4 is 0 Å². The Labute approximate surface area is 101 Å². The quantitative estimate of drug-likeness (QED) is 0.692. The van der Waals surface area contributed by atoms with Crippen LogP contribution in [-0.4, -0.2) is 23.3 Å². The maximum absolute atomic E-state index is 12.1. The summed E-state index contributed by atoms with van der Waals surface area (Å²) in [5.41, 5.74) is -0.0568. The van der Waals surface area contributed by atoms with Crippen molar-refractivity contribution in [3.05, 3.63) is 0 Å². The van der Waals surface area contributed by atoms with E-state index in [9.17, 15) is 9.59 Å². The van der Waals surface area contributed by atoms with Crippen molar-refractivity contribution >= 4 is 11.8 Å². The van der Waals surface area contributed by atoms with Crippen molar-refractivity contribution < 1.29 is 9.59 Å². The van der Waals surface area contributed by atoms with Crippen molar-refractivity contribution in [3.8, 4) is 6.07 Å². The number of fused-ring (bicyclic) bond motifs is 1. The van der Waals surface area contributed by atoms with Crippen molar-refractivity contribution in [1.82, 2.24) is 4.90 Å². The van der Waals surface area contributed by atoms with E-state index in [-0.39, 0.29) is 29.1 Å². The molecule has 2 amide bonds. The molecule has 4 heteroatoms. The lowest BCUT2D eigenvalue weighted by molar-refractivity contribution is -0.141. The van der Waals surface area contributed by atoms with Gasteiger partial charge in [-0.25, -0.2) is 0 Å². The number of carbonyl (C=O) groups excluding carboxylic acids is 2. The SMILES string of the molecule is N#CCC1(CN2C(=O)C3CCCC3C2=O)CC1. The van der Waals surface area contributed by atoms with Gasteiger partial charge < -0.3 is 0 Å². The lowest BCUT2D eigenvalue weighted by Gasteiger charge is -2.21. The molecule has 3 rings (SSSR count). The van der Waals surface area contributed by atoms with Gasteiger partial charge in [-0.2, -0.15) is 5.26 Å². The summed E-state index contributed by atoms with van der Waals surface area (Å²) in [7, 11) is 0. The van der Waals surface area contributed by atoms with Crippen LogP contribution in [0, 0.1) is 28.6 Å². The number of hydrogen-bond acceptors (Lipinski definition) is 3. The number of nitriles is 1. The van der Waals surface area contributed by atoms with Gasteiger partial charge in [-0.3, -0.25) is 14.5 Å². The van der Waals surface area contributed by atoms with Gasteiger partial charge in [-0.1, -0.05) is 6.42 Å². The number of hydrogen-bond donors (Lipinski definition) is 0. The Morgan fingerprint density at radius 1 is 1.24 bits per heavy atom. The van der Waals surface area contributed by atoms with E-state index in [0.717, 1.165) is 32.1 Å². The smallest absolute Gasteiger partial charge is 0.233 e. The van der Waals surface area contributed by atoms with Gasteiger partial charge in [0.05, 0.1) is 17.9 Å². The van der Waals surface area contributed by atoms with E-state index in [0.29, 0.717) is 13.0 Å². The molecule has 0 aromatic rings. The van der Waals surface area contributed by atoms with E-state index in [1.165, 1.54) is 4.90 Å². The third kappa shape index (κ3) is 1.56. The first kappa shape index (κ1) is 10.8. The summed E-state index contributed by atoms with van der Waals surface area (Å²) in [6.07, 6.45) is 5.18. The third-order valence-corrected chi connectivity index (χ3v) is 4.59. The van der Waals surface area contributed by atoms with E-state index >= 15 is 0 Å². The standard InChI is InChI=1S/C13H16N2O2/c14-7-6-13(4-5-13)8-15-11(16)9-2-1-3-10(9)12(15)17/h9-10H,1-6,8H2. The van der Waals surface area contributed by atoms with Crippen LogP contribution in [0.25, 0.3) is 0 Å². The van der Waals surface area contributed by atoms with Crippen molar-refractivity contribution in [1.29, 1.82) is 5.26 Å². The monoisotopic (exact) mass is 232 g/mol. The molecule has 4 nitrogen and oxygen atoms in total. The minimum Gasteiger partial charge on any atom is -0.282 e. The molecule has 2 saturated carbocycles. The minimum atomic E-state index is -0.0568. The van der Waals surface area contributed by atoms with Crippen LogP contribution in [0.4, 0.5) is 0 Å². The highest BCUT2D eigenvalue weighted by Crippen LogP contribution is 2.51. The van der Waals surface area contributed by atoms with Gasteiger partial charge in [0, 0.05) is 18.4 Å². The van der Waals surface area contributed by atoms with E-state index in [1.807, 2.05) is 0 Å². The maximum Gasteiger partial charge on any atom is 0.233 e. The van der Waals surface area contributed by atoms with Crippen LogP contribution >= 0.6 is 0 Å². The lowest BCUT2D eigenvalue weighted by Crippen LogP contribution is -2.36. The number of amides is 2. The van der Waals surface area contributed by atoms with Crippen molar-refractivity contribution in [2.45, 2.75) is 38.5 Å². The molecular formula is C13H16N2O2. The van der Waals surface area contributed by atoms with Crippen LogP contribution in [0.5, 0.6) is 0 Å². The highest BCUT2D eigenvalue weighted by molar-refractivity contribution is 6.05. The number of nitrogens with zero attached hydrogens (tertiary/aromatic N) is 2. The van der Waals surface area contributed by atoms with Gasteiger partial charge in [0.2, 0.25) is 11.8 Å². The van der Waals surface area contributed by atoms with Crippen LogP contribution in [-0.2, 0) is 9.59 Å². The number of rotatable bonds is 3. The summed E-state index contributed by atoms with van der Waals surface area (Å²) in [6.45, 7) is 0.491. The van der Waals surface area contributed by atoms with Gasteiger partial charge in [-0.15, -0.1) is 0 Å². The Bertz CT molecular complexity index is 398. The molecule has 90 valence electrons. The van der Waals surface area contributed by atoms with Gasteiger partial charge >= 0.3 is 0 Å². The molecule has 3 fully saturated rings. The van der Waals surface area contributed by atoms with Crippen LogP contribution in [0.3, 0.4) is 0 Å². The number of likely N-dealkylation sites (tertiary alicyclic amines) is 1. The van der Waals surface area contributed by atoms with E-state index in [1.54, 1.807) is 0 Å². The first-order valence-corrected chi connectivity index (χ1v) is 6.39. The topological polar surface area (TPSA) is 61.2 Å². The molecule has 1 aliphatic heterocycles. The van der Waals surface area contributed by atoms with E-state index in [4.69, 9.17) is 5.26 Å². The molecule has 0 aromatic carbocycles. The predicted octanol–water partition coefficient (Wildman–Crippen LogP) is 1.47. The first-order valence-electron chi connectivity index (χ1n) is 6.39. The summed E-state index contributed by atoms with van der Waals surface area (Å²) < 4.78 is 0. The molecule has 0 aromatic heterocycles. The molecule has 1 saturated heterocycles. The fourth-order valence-electron chi connectivity index (χ4n) is 3.29. The summed E-state index contributed by atoms with van der Waals surface area (Å²) in [4.78, 5) is 25.7. The Morgan fingerprint density at radius 2 is 1.82 bits per heavy atom. The fraction of sp³-hybridized carbons (Fsp3) is 0.769. The van der Waals surface area contributed by atoms with Crippen molar-refractivity contribution in [2.24, 2.45) is 17.3 Å². The fourth-order valence-corrected chi connectivity index (χ4v) is 3.29. The van der Waals surface area contributed by atoms with Gasteiger partial charge in [0.15, 0.2) is 0 Å². The summed E-state index contributed by atoms with van der Waals surface area (Å²) >= 11 is 0. The molecular weight excluding hydrogens is 216 g/mol. The summed E-state index contributed by atoms with van der Waals surface area (Å²) in [5, 5.41) is 8.77. The first-order chi connectivity index (χ1) is 8.17. The van der Waals surface area contributed by atoms with Gasteiger partial charge in [-0.05, 0) is 25.7 Å². The largest absolute Gasteiger partial charge is 0.282 e. The lowest BCUT2D eigenvalue weighted by atomic mass is 10.00. The number of imide groups is 1. The molecule has 1 heterocycles. The Balaban J connectivity index is 1.75. The average Bonchev–Trinajstić information content (AvgIpc) is 2.83. The van der Waals surface area contributed by atoms with E-state index in [2.05, 4.69) is 6.07 Å². The molecule has 3 aliphatic rings. The minimum absolute atomic E-state index is 0.0294. The Kier molecular flexibility index (Phi) is 2.25. The van der Waals surface area contributed by atoms with Crippen molar-refractivity contribution in [3.63, 3.8) is 0 Å². The molecule has 0 radical (unpaired) electrons. The van der Waals surface area contributed by atoms with Crippen molar-refractivity contribution in [2.75, 3.05) is 6.54 Å². The molecule has 17 heavy (non-hydrogen) atoms. The van der Waals surface area contributed by atoms with E-state index < -0.39 is 0 Å². The summed E-state index contributed by atoms with van der Waals surface area (Å²) in [5.74, 6) is -0.0239. The Morgan fingerprint density at radius 3 is 2.29 bits per heavy atom. The predicted molar refractivity (Wildman–Crippen MR) is 59.4 cm³/mol. The molecule has 2 atom stereocenters. The zero-order valence-electron chi connectivity index (χ0n) is 9.82. The molecule has 2 aliphatic carbocycles. The van der Waals surface area contributed by atoms with Crippen LogP contribution in [0.1, 0.15) is 38.5 Å². The second-order valence-corrected chi connectivity index (χ2v) is 5.74. The highest BCUT2D eigenvalue weighted by Gasteiger charge is 2.54. The second-order valence-electron chi connectivity index (χ2n) is 5.74. The van der Waals surface area contributed by atoms with Crippen LogP contribution in [0.2, 0.25) is 0 Å². The number of carbonyl (C=O) groups is 2. The highest BCUT2D eigenvalue weighted by atomic mass is 16.2. The zero-order valence-corrected chi connectivity index (χ0v) is 9.82. The molecule has 0 N–H and O–H groups in total. The van der Waals surface area contributed by atoms with Crippen LogP contribution in [0.15, 0.2) is 0 Å². The zero-order chi connectivity index (χ0) is 12.0. The van der Waals surface area contributed by atoms with Gasteiger partial charge in [0.25, 0.3) is 0 Å². The third-order valence-electron chi connectivity index (χ3n) is 4.59. The normalized spacial score (nSPS) is 33.7. The Hall–Kier alpha value is -1.37. The average molecular weight is 232 g/mol. The molecule has 0 bridgehead atoms.